The molecule has 2 amide bonds. The van der Waals surface area contributed by atoms with Gasteiger partial charge in [0.1, 0.15) is 5.76 Å². The zero-order valence-corrected chi connectivity index (χ0v) is 8.13. The Morgan fingerprint density at radius 3 is 2.77 bits per heavy atom. The molecule has 1 aromatic rings. The standard InChI is InChI=1S/C9H14N2O2/c1-7-4-5-13-8(7)6-10-9(12)11(2)3/h4-5H,6H2,1-3H3,(H,10,12). The Bertz CT molecular complexity index is 292. The number of carbonyl (C=O) groups is 1. The van der Waals surface area contributed by atoms with E-state index in [4.69, 9.17) is 4.42 Å². The Balaban J connectivity index is 2.44. The van der Waals surface area contributed by atoms with Gasteiger partial charge in [-0.3, -0.25) is 0 Å². The average molecular weight is 182 g/mol. The maximum atomic E-state index is 11.1. The van der Waals surface area contributed by atoms with Crippen molar-refractivity contribution < 1.29 is 9.21 Å². The van der Waals surface area contributed by atoms with Crippen LogP contribution in [0.3, 0.4) is 0 Å². The van der Waals surface area contributed by atoms with Crippen LogP contribution in [0.5, 0.6) is 0 Å². The molecule has 0 aliphatic heterocycles. The molecule has 1 heterocycles. The van der Waals surface area contributed by atoms with Crippen LogP contribution in [-0.2, 0) is 6.54 Å². The highest BCUT2D eigenvalue weighted by atomic mass is 16.3. The second-order valence-corrected chi connectivity index (χ2v) is 3.08. The third kappa shape index (κ3) is 2.50. The number of nitrogens with zero attached hydrogens (tertiary/aromatic N) is 1. The Morgan fingerprint density at radius 1 is 1.62 bits per heavy atom. The highest BCUT2D eigenvalue weighted by molar-refractivity contribution is 5.73. The molecular weight excluding hydrogens is 168 g/mol. The van der Waals surface area contributed by atoms with E-state index in [0.29, 0.717) is 6.54 Å². The van der Waals surface area contributed by atoms with Gasteiger partial charge in [0, 0.05) is 14.1 Å². The van der Waals surface area contributed by atoms with Crippen LogP contribution in [0.4, 0.5) is 4.79 Å². The number of amides is 2. The minimum Gasteiger partial charge on any atom is -0.467 e. The molecule has 0 aliphatic rings. The summed E-state index contributed by atoms with van der Waals surface area (Å²) >= 11 is 0. The number of hydrogen-bond acceptors (Lipinski definition) is 2. The van der Waals surface area contributed by atoms with Crippen LogP contribution in [0.2, 0.25) is 0 Å². The zero-order valence-electron chi connectivity index (χ0n) is 8.13. The molecule has 0 radical (unpaired) electrons. The molecule has 0 fully saturated rings. The number of hydrogen-bond donors (Lipinski definition) is 1. The van der Waals surface area contributed by atoms with E-state index in [1.807, 2.05) is 13.0 Å². The van der Waals surface area contributed by atoms with Gasteiger partial charge in [0.05, 0.1) is 12.8 Å². The number of urea groups is 1. The van der Waals surface area contributed by atoms with Crippen LogP contribution in [0.15, 0.2) is 16.7 Å². The smallest absolute Gasteiger partial charge is 0.317 e. The van der Waals surface area contributed by atoms with E-state index in [1.54, 1.807) is 20.4 Å². The quantitative estimate of drug-likeness (QED) is 0.750. The summed E-state index contributed by atoms with van der Waals surface area (Å²) in [6.45, 7) is 2.39. The van der Waals surface area contributed by atoms with Crippen molar-refractivity contribution in [2.75, 3.05) is 14.1 Å². The summed E-state index contributed by atoms with van der Waals surface area (Å²) < 4.78 is 5.16. The number of aryl methyl sites for hydroxylation is 1. The number of nitrogens with one attached hydrogen (secondary N) is 1. The van der Waals surface area contributed by atoms with Crippen molar-refractivity contribution in [3.05, 3.63) is 23.7 Å². The Labute approximate surface area is 77.5 Å². The third-order valence-electron chi connectivity index (χ3n) is 1.77. The molecule has 0 bridgehead atoms. The number of furan rings is 1. The van der Waals surface area contributed by atoms with Crippen molar-refractivity contribution in [2.24, 2.45) is 0 Å². The summed E-state index contributed by atoms with van der Waals surface area (Å²) in [5.41, 5.74) is 1.05. The summed E-state index contributed by atoms with van der Waals surface area (Å²) in [6, 6.07) is 1.76. The largest absolute Gasteiger partial charge is 0.467 e. The van der Waals surface area contributed by atoms with Gasteiger partial charge in [-0.05, 0) is 18.6 Å². The van der Waals surface area contributed by atoms with E-state index in [0.717, 1.165) is 11.3 Å². The predicted molar refractivity (Wildman–Crippen MR) is 49.4 cm³/mol. The summed E-state index contributed by atoms with van der Waals surface area (Å²) in [5, 5.41) is 2.72. The summed E-state index contributed by atoms with van der Waals surface area (Å²) in [4.78, 5) is 12.6. The highest BCUT2D eigenvalue weighted by Gasteiger charge is 2.05. The minimum atomic E-state index is -0.115. The Hall–Kier alpha value is -1.45. The fourth-order valence-electron chi connectivity index (χ4n) is 0.899. The molecule has 0 unspecified atom stereocenters. The van der Waals surface area contributed by atoms with Gasteiger partial charge in [0.25, 0.3) is 0 Å². The van der Waals surface area contributed by atoms with E-state index in [-0.39, 0.29) is 6.03 Å². The molecule has 1 rings (SSSR count). The monoisotopic (exact) mass is 182 g/mol. The molecule has 0 aromatic carbocycles. The molecule has 0 aliphatic carbocycles. The molecule has 1 N–H and O–H groups in total. The van der Waals surface area contributed by atoms with Crippen LogP contribution >= 0.6 is 0 Å². The van der Waals surface area contributed by atoms with Gasteiger partial charge < -0.3 is 14.6 Å². The second kappa shape index (κ2) is 3.98. The van der Waals surface area contributed by atoms with Gasteiger partial charge >= 0.3 is 6.03 Å². The van der Waals surface area contributed by atoms with Crippen molar-refractivity contribution in [3.63, 3.8) is 0 Å². The van der Waals surface area contributed by atoms with Crippen molar-refractivity contribution in [1.82, 2.24) is 10.2 Å². The fourth-order valence-corrected chi connectivity index (χ4v) is 0.899. The zero-order chi connectivity index (χ0) is 9.84. The molecule has 72 valence electrons. The van der Waals surface area contributed by atoms with Crippen molar-refractivity contribution in [3.8, 4) is 0 Å². The van der Waals surface area contributed by atoms with Crippen molar-refractivity contribution >= 4 is 6.03 Å². The van der Waals surface area contributed by atoms with Gasteiger partial charge in [-0.15, -0.1) is 0 Å². The molecule has 0 spiro atoms. The normalized spacial score (nSPS) is 9.77. The highest BCUT2D eigenvalue weighted by Crippen LogP contribution is 2.07. The van der Waals surface area contributed by atoms with E-state index in [9.17, 15) is 4.79 Å². The van der Waals surface area contributed by atoms with Gasteiger partial charge in [0.2, 0.25) is 0 Å². The maximum Gasteiger partial charge on any atom is 0.317 e. The van der Waals surface area contributed by atoms with Gasteiger partial charge in [0.15, 0.2) is 0 Å². The van der Waals surface area contributed by atoms with Crippen LogP contribution < -0.4 is 5.32 Å². The number of rotatable bonds is 2. The average Bonchev–Trinajstić information content (AvgIpc) is 2.47. The van der Waals surface area contributed by atoms with Crippen molar-refractivity contribution in [1.29, 1.82) is 0 Å². The van der Waals surface area contributed by atoms with Gasteiger partial charge in [-0.2, -0.15) is 0 Å². The lowest BCUT2D eigenvalue weighted by atomic mass is 10.3. The molecule has 4 heteroatoms. The van der Waals surface area contributed by atoms with Crippen LogP contribution in [0, 0.1) is 6.92 Å². The number of carbonyl (C=O) groups excluding carboxylic acids is 1. The second-order valence-electron chi connectivity index (χ2n) is 3.08. The Kier molecular flexibility index (Phi) is 2.95. The van der Waals surface area contributed by atoms with Crippen LogP contribution in [0.1, 0.15) is 11.3 Å². The first-order chi connectivity index (χ1) is 6.11. The summed E-state index contributed by atoms with van der Waals surface area (Å²) in [5.74, 6) is 0.801. The van der Waals surface area contributed by atoms with Gasteiger partial charge in [-0.1, -0.05) is 0 Å². The molecule has 4 nitrogen and oxygen atoms in total. The lowest BCUT2D eigenvalue weighted by Gasteiger charge is -2.10. The maximum absolute atomic E-state index is 11.1. The first-order valence-electron chi connectivity index (χ1n) is 4.09. The van der Waals surface area contributed by atoms with E-state index in [2.05, 4.69) is 5.32 Å². The predicted octanol–water partition coefficient (Wildman–Crippen LogP) is 1.36. The van der Waals surface area contributed by atoms with Crippen LogP contribution in [0.25, 0.3) is 0 Å². The molecular formula is C9H14N2O2. The third-order valence-corrected chi connectivity index (χ3v) is 1.77. The first kappa shape index (κ1) is 9.64. The van der Waals surface area contributed by atoms with E-state index < -0.39 is 0 Å². The lowest BCUT2D eigenvalue weighted by molar-refractivity contribution is 0.216. The van der Waals surface area contributed by atoms with E-state index >= 15 is 0 Å². The molecule has 1 aromatic heterocycles. The first-order valence-corrected chi connectivity index (χ1v) is 4.09. The lowest BCUT2D eigenvalue weighted by Crippen LogP contribution is -2.33. The fraction of sp³-hybridized carbons (Fsp3) is 0.444. The molecule has 13 heavy (non-hydrogen) atoms. The molecule has 0 saturated carbocycles. The van der Waals surface area contributed by atoms with E-state index in [1.165, 1.54) is 4.90 Å². The topological polar surface area (TPSA) is 45.5 Å². The molecule has 0 atom stereocenters. The minimum absolute atomic E-state index is 0.115. The van der Waals surface area contributed by atoms with Crippen LogP contribution in [-0.4, -0.2) is 25.0 Å². The SMILES string of the molecule is Cc1ccoc1CNC(=O)N(C)C. The van der Waals surface area contributed by atoms with Gasteiger partial charge in [-0.25, -0.2) is 4.79 Å². The summed E-state index contributed by atoms with van der Waals surface area (Å²) in [7, 11) is 3.40. The summed E-state index contributed by atoms with van der Waals surface area (Å²) in [6.07, 6.45) is 1.62. The van der Waals surface area contributed by atoms with Crippen molar-refractivity contribution in [2.45, 2.75) is 13.5 Å². The Morgan fingerprint density at radius 2 is 2.31 bits per heavy atom. The molecule has 0 saturated heterocycles.